The highest BCUT2D eigenvalue weighted by molar-refractivity contribution is 9.10. The van der Waals surface area contributed by atoms with Gasteiger partial charge in [-0.25, -0.2) is 0 Å². The number of thiophene rings is 1. The Hall–Kier alpha value is -1.10. The first-order valence-electron chi connectivity index (χ1n) is 6.81. The molecular formula is C16H17BrN2S. The summed E-state index contributed by atoms with van der Waals surface area (Å²) in [6.45, 7) is 3.05. The van der Waals surface area contributed by atoms with Gasteiger partial charge in [-0.2, -0.15) is 0 Å². The van der Waals surface area contributed by atoms with E-state index in [4.69, 9.17) is 0 Å². The zero-order valence-electron chi connectivity index (χ0n) is 11.2. The van der Waals surface area contributed by atoms with Crippen molar-refractivity contribution in [1.29, 1.82) is 0 Å². The standard InChI is InChI=1S/C16H17BrN2S/c17-15-4-1-5-16-14(15)7-10-19(16)11-9-18-8-6-13-3-2-12-20-13/h1-5,7,10,12,18H,6,8-9,11H2. The maximum absolute atomic E-state index is 3.60. The van der Waals surface area contributed by atoms with Crippen molar-refractivity contribution in [3.8, 4) is 0 Å². The lowest BCUT2D eigenvalue weighted by Gasteiger charge is -2.07. The van der Waals surface area contributed by atoms with E-state index in [0.717, 1.165) is 26.1 Å². The second-order valence-electron chi connectivity index (χ2n) is 4.76. The second kappa shape index (κ2) is 6.57. The molecule has 0 spiro atoms. The SMILES string of the molecule is Brc1cccc2c1ccn2CCNCCc1cccs1. The molecule has 1 aromatic carbocycles. The molecule has 0 fully saturated rings. The zero-order valence-corrected chi connectivity index (χ0v) is 13.6. The molecule has 1 N–H and O–H groups in total. The average Bonchev–Trinajstić information content (AvgIpc) is 3.09. The lowest BCUT2D eigenvalue weighted by molar-refractivity contribution is 0.611. The van der Waals surface area contributed by atoms with Crippen LogP contribution in [0.2, 0.25) is 0 Å². The number of benzene rings is 1. The molecule has 0 atom stereocenters. The molecule has 2 heterocycles. The van der Waals surface area contributed by atoms with Gasteiger partial charge in [-0.1, -0.05) is 28.1 Å². The molecule has 20 heavy (non-hydrogen) atoms. The number of nitrogens with zero attached hydrogens (tertiary/aromatic N) is 1. The molecule has 0 aliphatic carbocycles. The largest absolute Gasteiger partial charge is 0.346 e. The van der Waals surface area contributed by atoms with Gasteiger partial charge in [0.2, 0.25) is 0 Å². The maximum Gasteiger partial charge on any atom is 0.0492 e. The van der Waals surface area contributed by atoms with Crippen LogP contribution in [0.3, 0.4) is 0 Å². The molecule has 0 radical (unpaired) electrons. The van der Waals surface area contributed by atoms with Gasteiger partial charge in [0.25, 0.3) is 0 Å². The van der Waals surface area contributed by atoms with Crippen LogP contribution in [0.4, 0.5) is 0 Å². The molecule has 0 aliphatic rings. The van der Waals surface area contributed by atoms with Crippen molar-refractivity contribution < 1.29 is 0 Å². The molecular weight excluding hydrogens is 332 g/mol. The third kappa shape index (κ3) is 3.14. The fourth-order valence-corrected chi connectivity index (χ4v) is 3.57. The molecule has 0 saturated heterocycles. The van der Waals surface area contributed by atoms with E-state index in [1.165, 1.54) is 20.3 Å². The third-order valence-corrected chi connectivity index (χ3v) is 5.05. The van der Waals surface area contributed by atoms with Crippen LogP contribution in [-0.4, -0.2) is 17.7 Å². The lowest BCUT2D eigenvalue weighted by Crippen LogP contribution is -2.21. The molecule has 2 aromatic heterocycles. The zero-order chi connectivity index (χ0) is 13.8. The Labute approximate surface area is 131 Å². The van der Waals surface area contributed by atoms with Crippen LogP contribution in [-0.2, 0) is 13.0 Å². The first-order valence-corrected chi connectivity index (χ1v) is 8.48. The molecule has 2 nitrogen and oxygen atoms in total. The van der Waals surface area contributed by atoms with E-state index in [0.29, 0.717) is 0 Å². The number of rotatable bonds is 6. The Morgan fingerprint density at radius 1 is 1.10 bits per heavy atom. The first-order chi connectivity index (χ1) is 9.84. The lowest BCUT2D eigenvalue weighted by atomic mass is 10.2. The van der Waals surface area contributed by atoms with Crippen molar-refractivity contribution >= 4 is 38.2 Å². The smallest absolute Gasteiger partial charge is 0.0492 e. The van der Waals surface area contributed by atoms with Crippen LogP contribution < -0.4 is 5.32 Å². The third-order valence-electron chi connectivity index (χ3n) is 3.42. The Morgan fingerprint density at radius 2 is 2.05 bits per heavy atom. The van der Waals surface area contributed by atoms with Crippen molar-refractivity contribution in [2.75, 3.05) is 13.1 Å². The highest BCUT2D eigenvalue weighted by Gasteiger charge is 2.03. The van der Waals surface area contributed by atoms with Gasteiger partial charge < -0.3 is 9.88 Å². The molecule has 0 aliphatic heterocycles. The molecule has 0 unspecified atom stereocenters. The Kier molecular flexibility index (Phi) is 4.55. The predicted octanol–water partition coefficient (Wildman–Crippen LogP) is 4.30. The van der Waals surface area contributed by atoms with Gasteiger partial charge in [0.1, 0.15) is 0 Å². The fourth-order valence-electron chi connectivity index (χ4n) is 2.37. The fraction of sp³-hybridized carbons (Fsp3) is 0.250. The molecule has 3 rings (SSSR count). The van der Waals surface area contributed by atoms with Gasteiger partial charge in [0.05, 0.1) is 0 Å². The van der Waals surface area contributed by atoms with E-state index in [1.807, 2.05) is 11.3 Å². The van der Waals surface area contributed by atoms with Crippen LogP contribution in [0.15, 0.2) is 52.4 Å². The van der Waals surface area contributed by atoms with Crippen molar-refractivity contribution in [3.63, 3.8) is 0 Å². The Bertz CT molecular complexity index is 673. The highest BCUT2D eigenvalue weighted by Crippen LogP contribution is 2.24. The number of halogens is 1. The number of hydrogen-bond donors (Lipinski definition) is 1. The Balaban J connectivity index is 1.51. The predicted molar refractivity (Wildman–Crippen MR) is 90.5 cm³/mol. The van der Waals surface area contributed by atoms with E-state index < -0.39 is 0 Å². The quantitative estimate of drug-likeness (QED) is 0.657. The minimum atomic E-state index is 1.00. The minimum Gasteiger partial charge on any atom is -0.346 e. The van der Waals surface area contributed by atoms with Crippen LogP contribution >= 0.6 is 27.3 Å². The van der Waals surface area contributed by atoms with Crippen molar-refractivity contribution in [2.45, 2.75) is 13.0 Å². The molecule has 0 saturated carbocycles. The van der Waals surface area contributed by atoms with Crippen molar-refractivity contribution in [1.82, 2.24) is 9.88 Å². The van der Waals surface area contributed by atoms with Gasteiger partial charge in [0.15, 0.2) is 0 Å². The summed E-state index contributed by atoms with van der Waals surface area (Å²) in [5.74, 6) is 0. The number of aromatic nitrogens is 1. The molecule has 0 bridgehead atoms. The van der Waals surface area contributed by atoms with Crippen LogP contribution in [0.1, 0.15) is 4.88 Å². The number of hydrogen-bond acceptors (Lipinski definition) is 2. The summed E-state index contributed by atoms with van der Waals surface area (Å²) in [5, 5.41) is 6.94. The number of fused-ring (bicyclic) bond motifs is 1. The second-order valence-corrected chi connectivity index (χ2v) is 6.65. The first kappa shape index (κ1) is 13.9. The monoisotopic (exact) mass is 348 g/mol. The van der Waals surface area contributed by atoms with Crippen molar-refractivity contribution in [2.24, 2.45) is 0 Å². The van der Waals surface area contributed by atoms with Gasteiger partial charge in [0, 0.05) is 46.1 Å². The van der Waals surface area contributed by atoms with E-state index in [1.54, 1.807) is 0 Å². The van der Waals surface area contributed by atoms with Crippen molar-refractivity contribution in [3.05, 3.63) is 57.3 Å². The molecule has 0 amide bonds. The van der Waals surface area contributed by atoms with Gasteiger partial charge in [-0.15, -0.1) is 11.3 Å². The summed E-state index contributed by atoms with van der Waals surface area (Å²) in [5.41, 5.74) is 1.29. The summed E-state index contributed by atoms with van der Waals surface area (Å²) in [7, 11) is 0. The summed E-state index contributed by atoms with van der Waals surface area (Å²) >= 11 is 5.43. The topological polar surface area (TPSA) is 17.0 Å². The Morgan fingerprint density at radius 3 is 2.90 bits per heavy atom. The minimum absolute atomic E-state index is 1.00. The van der Waals surface area contributed by atoms with E-state index >= 15 is 0 Å². The van der Waals surface area contributed by atoms with Crippen LogP contribution in [0.25, 0.3) is 10.9 Å². The molecule has 104 valence electrons. The summed E-state index contributed by atoms with van der Waals surface area (Å²) in [4.78, 5) is 1.45. The average molecular weight is 349 g/mol. The molecule has 3 aromatic rings. The maximum atomic E-state index is 3.60. The summed E-state index contributed by atoms with van der Waals surface area (Å²) < 4.78 is 3.47. The summed E-state index contributed by atoms with van der Waals surface area (Å²) in [6.07, 6.45) is 3.28. The van der Waals surface area contributed by atoms with E-state index in [9.17, 15) is 0 Å². The van der Waals surface area contributed by atoms with Crippen LogP contribution in [0, 0.1) is 0 Å². The summed E-state index contributed by atoms with van der Waals surface area (Å²) in [6, 6.07) is 12.8. The van der Waals surface area contributed by atoms with Gasteiger partial charge in [-0.3, -0.25) is 0 Å². The number of nitrogens with one attached hydrogen (secondary N) is 1. The van der Waals surface area contributed by atoms with Gasteiger partial charge >= 0.3 is 0 Å². The van der Waals surface area contributed by atoms with E-state index in [-0.39, 0.29) is 0 Å². The molecule has 4 heteroatoms. The highest BCUT2D eigenvalue weighted by atomic mass is 79.9. The normalized spacial score (nSPS) is 11.2. The van der Waals surface area contributed by atoms with Crippen LogP contribution in [0.5, 0.6) is 0 Å². The van der Waals surface area contributed by atoms with E-state index in [2.05, 4.69) is 73.8 Å². The van der Waals surface area contributed by atoms with Gasteiger partial charge in [-0.05, 0) is 36.1 Å².